The summed E-state index contributed by atoms with van der Waals surface area (Å²) in [7, 11) is 0. The number of nitrogens with one attached hydrogen (secondary N) is 1. The first-order valence-electron chi connectivity index (χ1n) is 5.61. The minimum absolute atomic E-state index is 0.124. The van der Waals surface area contributed by atoms with Crippen molar-refractivity contribution in [2.24, 2.45) is 0 Å². The Kier molecular flexibility index (Phi) is 2.91. The van der Waals surface area contributed by atoms with Crippen LogP contribution in [0.4, 0.5) is 4.39 Å². The first kappa shape index (κ1) is 12.0. The van der Waals surface area contributed by atoms with E-state index in [4.69, 9.17) is 4.74 Å². The predicted molar refractivity (Wildman–Crippen MR) is 61.9 cm³/mol. The first-order valence-corrected chi connectivity index (χ1v) is 5.61. The van der Waals surface area contributed by atoms with Gasteiger partial charge in [0.15, 0.2) is 0 Å². The summed E-state index contributed by atoms with van der Waals surface area (Å²) in [5, 5.41) is 2.99. The smallest absolute Gasteiger partial charge is 0.325 e. The average molecular weight is 237 g/mol. The molecule has 0 bridgehead atoms. The molecule has 2 unspecified atom stereocenters. The lowest BCUT2D eigenvalue weighted by Crippen LogP contribution is -2.27. The second kappa shape index (κ2) is 4.11. The molecule has 17 heavy (non-hydrogen) atoms. The van der Waals surface area contributed by atoms with Gasteiger partial charge in [0.05, 0.1) is 6.04 Å². The molecule has 1 saturated heterocycles. The van der Waals surface area contributed by atoms with E-state index in [1.54, 1.807) is 12.1 Å². The Morgan fingerprint density at radius 2 is 2.12 bits per heavy atom. The van der Waals surface area contributed by atoms with Crippen molar-refractivity contribution in [1.82, 2.24) is 5.32 Å². The molecule has 0 radical (unpaired) electrons. The Morgan fingerprint density at radius 1 is 1.41 bits per heavy atom. The van der Waals surface area contributed by atoms with Crippen LogP contribution in [0.5, 0.6) is 0 Å². The molecule has 0 amide bonds. The van der Waals surface area contributed by atoms with Crippen LogP contribution >= 0.6 is 0 Å². The van der Waals surface area contributed by atoms with Crippen LogP contribution in [-0.2, 0) is 9.53 Å². The highest BCUT2D eigenvalue weighted by atomic mass is 19.1. The summed E-state index contributed by atoms with van der Waals surface area (Å²) in [4.78, 5) is 11.7. The van der Waals surface area contributed by atoms with Crippen molar-refractivity contribution in [2.45, 2.75) is 38.5 Å². The summed E-state index contributed by atoms with van der Waals surface area (Å²) >= 11 is 0. The highest BCUT2D eigenvalue weighted by Gasteiger charge is 2.45. The number of benzene rings is 1. The second-order valence-corrected chi connectivity index (χ2v) is 5.21. The number of ether oxygens (including phenoxy) is 1. The topological polar surface area (TPSA) is 48.2 Å². The maximum Gasteiger partial charge on any atom is 0.325 e. The van der Waals surface area contributed by atoms with Gasteiger partial charge in [-0.05, 0) is 38.5 Å². The first-order chi connectivity index (χ1) is 7.87. The van der Waals surface area contributed by atoms with Crippen LogP contribution in [-0.4, -0.2) is 17.6 Å². The van der Waals surface area contributed by atoms with Crippen LogP contribution < -0.4 is 5.32 Å². The highest BCUT2D eigenvalue weighted by Crippen LogP contribution is 2.31. The normalized spacial score (nSPS) is 23.3. The summed E-state index contributed by atoms with van der Waals surface area (Å²) in [5.41, 5.74) is 0.286. The van der Waals surface area contributed by atoms with Crippen molar-refractivity contribution < 1.29 is 13.9 Å². The van der Waals surface area contributed by atoms with Gasteiger partial charge in [-0.25, -0.2) is 4.39 Å². The molecular formula is C13H16FNO2. The van der Waals surface area contributed by atoms with Gasteiger partial charge >= 0.3 is 5.97 Å². The van der Waals surface area contributed by atoms with E-state index in [0.717, 1.165) is 5.56 Å². The molecule has 1 heterocycles. The Morgan fingerprint density at radius 3 is 2.71 bits per heavy atom. The van der Waals surface area contributed by atoms with Gasteiger partial charge in [0, 0.05) is 0 Å². The summed E-state index contributed by atoms with van der Waals surface area (Å²) in [6.45, 7) is 5.47. The quantitative estimate of drug-likeness (QED) is 0.633. The molecule has 92 valence electrons. The number of carbonyl (C=O) groups is 1. The summed E-state index contributed by atoms with van der Waals surface area (Å²) in [5.74, 6) is -0.578. The Bertz CT molecular complexity index is 439. The van der Waals surface area contributed by atoms with Crippen molar-refractivity contribution >= 4 is 5.97 Å². The highest BCUT2D eigenvalue weighted by molar-refractivity contribution is 5.81. The van der Waals surface area contributed by atoms with E-state index in [9.17, 15) is 9.18 Å². The molecule has 1 aliphatic heterocycles. The third-order valence-electron chi connectivity index (χ3n) is 2.45. The lowest BCUT2D eigenvalue weighted by molar-refractivity contribution is -0.154. The van der Waals surface area contributed by atoms with Crippen LogP contribution in [0.15, 0.2) is 24.3 Å². The minimum Gasteiger partial charge on any atom is -0.459 e. The molecule has 0 spiro atoms. The molecule has 1 fully saturated rings. The van der Waals surface area contributed by atoms with Gasteiger partial charge in [-0.15, -0.1) is 0 Å². The summed E-state index contributed by atoms with van der Waals surface area (Å²) in [6, 6.07) is 5.77. The van der Waals surface area contributed by atoms with Crippen LogP contribution in [0, 0.1) is 5.82 Å². The van der Waals surface area contributed by atoms with Gasteiger partial charge < -0.3 is 4.74 Å². The molecule has 0 aliphatic carbocycles. The zero-order valence-corrected chi connectivity index (χ0v) is 10.2. The lowest BCUT2D eigenvalue weighted by atomic mass is 10.1. The standard InChI is InChI=1S/C13H16FNO2/c1-13(2,3)17-12(16)11-10(15-11)8-5-4-6-9(14)7-8/h4-7,10-11,15H,1-3H3. The molecule has 2 rings (SSSR count). The van der Waals surface area contributed by atoms with Gasteiger partial charge in [-0.2, -0.15) is 0 Å². The van der Waals surface area contributed by atoms with Gasteiger partial charge in [0.2, 0.25) is 0 Å². The second-order valence-electron chi connectivity index (χ2n) is 5.21. The monoisotopic (exact) mass is 237 g/mol. The van der Waals surface area contributed by atoms with Crippen LogP contribution in [0.2, 0.25) is 0 Å². The Hall–Kier alpha value is -1.42. The van der Waals surface area contributed by atoms with Crippen molar-refractivity contribution in [3.8, 4) is 0 Å². The van der Waals surface area contributed by atoms with Crippen molar-refractivity contribution in [3.05, 3.63) is 35.6 Å². The molecule has 0 saturated carbocycles. The van der Waals surface area contributed by atoms with Crippen LogP contribution in [0.1, 0.15) is 32.4 Å². The van der Waals surface area contributed by atoms with Crippen molar-refractivity contribution in [3.63, 3.8) is 0 Å². The summed E-state index contributed by atoms with van der Waals surface area (Å²) in [6.07, 6.45) is 0. The predicted octanol–water partition coefficient (Wildman–Crippen LogP) is 2.18. The van der Waals surface area contributed by atoms with Crippen LogP contribution in [0.3, 0.4) is 0 Å². The van der Waals surface area contributed by atoms with Gasteiger partial charge in [-0.1, -0.05) is 12.1 Å². The minimum atomic E-state index is -0.492. The largest absolute Gasteiger partial charge is 0.459 e. The molecule has 4 heteroatoms. The molecule has 1 N–H and O–H groups in total. The molecular weight excluding hydrogens is 221 g/mol. The Labute approximate surface area is 100.0 Å². The molecule has 2 atom stereocenters. The van der Waals surface area contributed by atoms with E-state index in [2.05, 4.69) is 5.32 Å². The number of halogens is 1. The molecule has 0 aromatic heterocycles. The fourth-order valence-corrected chi connectivity index (χ4v) is 1.70. The fraction of sp³-hybridized carbons (Fsp3) is 0.462. The van der Waals surface area contributed by atoms with E-state index >= 15 is 0 Å². The Balaban J connectivity index is 1.99. The maximum atomic E-state index is 13.0. The van der Waals surface area contributed by atoms with Crippen molar-refractivity contribution in [2.75, 3.05) is 0 Å². The molecule has 1 aromatic carbocycles. The third-order valence-corrected chi connectivity index (χ3v) is 2.45. The van der Waals surface area contributed by atoms with E-state index in [0.29, 0.717) is 0 Å². The molecule has 1 aliphatic rings. The lowest BCUT2D eigenvalue weighted by Gasteiger charge is -2.19. The van der Waals surface area contributed by atoms with E-state index in [1.807, 2.05) is 20.8 Å². The number of hydrogen-bond acceptors (Lipinski definition) is 3. The number of rotatable bonds is 2. The van der Waals surface area contributed by atoms with Gasteiger partial charge in [0.1, 0.15) is 17.5 Å². The molecule has 1 aromatic rings. The fourth-order valence-electron chi connectivity index (χ4n) is 1.70. The van der Waals surface area contributed by atoms with E-state index in [1.165, 1.54) is 12.1 Å². The summed E-state index contributed by atoms with van der Waals surface area (Å²) < 4.78 is 18.3. The number of esters is 1. The molecule has 3 nitrogen and oxygen atoms in total. The third kappa shape index (κ3) is 3.03. The zero-order valence-electron chi connectivity index (χ0n) is 10.2. The van der Waals surface area contributed by atoms with E-state index < -0.39 is 5.60 Å². The van der Waals surface area contributed by atoms with Crippen LogP contribution in [0.25, 0.3) is 0 Å². The maximum absolute atomic E-state index is 13.0. The van der Waals surface area contributed by atoms with Gasteiger partial charge in [-0.3, -0.25) is 10.1 Å². The van der Waals surface area contributed by atoms with Gasteiger partial charge in [0.25, 0.3) is 0 Å². The SMILES string of the molecule is CC(C)(C)OC(=O)C1NC1c1cccc(F)c1. The van der Waals surface area contributed by atoms with E-state index in [-0.39, 0.29) is 23.9 Å². The zero-order chi connectivity index (χ0) is 12.6. The van der Waals surface area contributed by atoms with Crippen molar-refractivity contribution in [1.29, 1.82) is 0 Å². The average Bonchev–Trinajstić information content (AvgIpc) is 2.94. The number of carbonyl (C=O) groups excluding carboxylic acids is 1. The number of hydrogen-bond donors (Lipinski definition) is 1.